The van der Waals surface area contributed by atoms with E-state index in [1.807, 2.05) is 48.5 Å². The van der Waals surface area contributed by atoms with Gasteiger partial charge in [-0.2, -0.15) is 15.8 Å². The van der Waals surface area contributed by atoms with Gasteiger partial charge in [-0.3, -0.25) is 0 Å². The van der Waals surface area contributed by atoms with Gasteiger partial charge >= 0.3 is 0 Å². The van der Waals surface area contributed by atoms with Crippen LogP contribution in [0, 0.1) is 39.4 Å². The first kappa shape index (κ1) is 18.2. The molecule has 0 unspecified atom stereocenters. The van der Waals surface area contributed by atoms with Crippen molar-refractivity contribution < 1.29 is 0 Å². The molecule has 1 aliphatic rings. The SMILES string of the molecule is N#CC1=C(N)C(C#N)(C#N)[C@@H](c2ccc(Br)cc2)[C@@H]1c1ccc(Br)cc1. The van der Waals surface area contributed by atoms with Gasteiger partial charge in [0.05, 0.1) is 29.5 Å². The van der Waals surface area contributed by atoms with Crippen LogP contribution in [0.5, 0.6) is 0 Å². The molecule has 2 N–H and O–H groups in total. The molecular weight excluding hydrogens is 456 g/mol. The molecule has 2 aromatic rings. The number of nitriles is 3. The van der Waals surface area contributed by atoms with E-state index in [4.69, 9.17) is 5.73 Å². The molecule has 0 fully saturated rings. The summed E-state index contributed by atoms with van der Waals surface area (Å²) in [5, 5.41) is 29.5. The third kappa shape index (κ3) is 2.71. The molecule has 1 aliphatic carbocycles. The van der Waals surface area contributed by atoms with Crippen molar-refractivity contribution in [1.29, 1.82) is 15.8 Å². The normalized spacial score (nSPS) is 20.9. The van der Waals surface area contributed by atoms with Crippen molar-refractivity contribution in [2.75, 3.05) is 0 Å². The lowest BCUT2D eigenvalue weighted by atomic mass is 9.70. The summed E-state index contributed by atoms with van der Waals surface area (Å²) in [6.07, 6.45) is 0. The summed E-state index contributed by atoms with van der Waals surface area (Å²) in [5.74, 6) is -1.03. The fourth-order valence-corrected chi connectivity index (χ4v) is 4.05. The summed E-state index contributed by atoms with van der Waals surface area (Å²) >= 11 is 6.80. The van der Waals surface area contributed by atoms with E-state index in [1.54, 1.807) is 0 Å². The summed E-state index contributed by atoms with van der Waals surface area (Å²) in [7, 11) is 0. The minimum Gasteiger partial charge on any atom is -0.399 e. The molecule has 0 heterocycles. The maximum atomic E-state index is 9.88. The van der Waals surface area contributed by atoms with Gasteiger partial charge in [-0.15, -0.1) is 0 Å². The summed E-state index contributed by atoms with van der Waals surface area (Å²) in [4.78, 5) is 0. The van der Waals surface area contributed by atoms with Gasteiger partial charge in [-0.25, -0.2) is 0 Å². The summed E-state index contributed by atoms with van der Waals surface area (Å²) in [6, 6.07) is 21.3. The van der Waals surface area contributed by atoms with E-state index in [-0.39, 0.29) is 11.3 Å². The van der Waals surface area contributed by atoms with Gasteiger partial charge in [0.15, 0.2) is 5.41 Å². The van der Waals surface area contributed by atoms with Crippen molar-refractivity contribution in [3.8, 4) is 18.2 Å². The van der Waals surface area contributed by atoms with Gasteiger partial charge in [0.25, 0.3) is 0 Å². The van der Waals surface area contributed by atoms with Crippen LogP contribution in [-0.4, -0.2) is 0 Å². The molecule has 0 spiro atoms. The number of halogens is 2. The van der Waals surface area contributed by atoms with Crippen molar-refractivity contribution in [2.24, 2.45) is 11.1 Å². The quantitative estimate of drug-likeness (QED) is 0.681. The number of nitrogens with zero attached hydrogens (tertiary/aromatic N) is 3. The fraction of sp³-hybridized carbons (Fsp3) is 0.150. The van der Waals surface area contributed by atoms with Crippen molar-refractivity contribution in [3.63, 3.8) is 0 Å². The van der Waals surface area contributed by atoms with E-state index in [9.17, 15) is 15.8 Å². The first-order valence-electron chi connectivity index (χ1n) is 7.72. The van der Waals surface area contributed by atoms with Crippen LogP contribution in [-0.2, 0) is 0 Å². The number of hydrogen-bond acceptors (Lipinski definition) is 4. The van der Waals surface area contributed by atoms with Crippen LogP contribution in [0.3, 0.4) is 0 Å². The second-order valence-electron chi connectivity index (χ2n) is 6.03. The largest absolute Gasteiger partial charge is 0.399 e. The van der Waals surface area contributed by atoms with Gasteiger partial charge in [0.1, 0.15) is 0 Å². The number of allylic oxidation sites excluding steroid dienone is 2. The predicted molar refractivity (Wildman–Crippen MR) is 104 cm³/mol. The topological polar surface area (TPSA) is 97.4 Å². The Morgan fingerprint density at radius 3 is 1.69 bits per heavy atom. The lowest BCUT2D eigenvalue weighted by molar-refractivity contribution is 0.475. The minimum atomic E-state index is -1.59. The number of benzene rings is 2. The Morgan fingerprint density at radius 2 is 1.27 bits per heavy atom. The molecule has 0 radical (unpaired) electrons. The highest BCUT2D eigenvalue weighted by Gasteiger charge is 2.55. The number of nitrogens with two attached hydrogens (primary N) is 1. The Labute approximate surface area is 168 Å². The highest BCUT2D eigenvalue weighted by molar-refractivity contribution is 9.10. The standard InChI is InChI=1S/C20H12Br2N4/c21-14-5-1-12(2-6-14)17-16(9-23)19(26)20(10-24,11-25)18(17)13-3-7-15(22)8-4-13/h1-8,17-18H,26H2/t17-,18+/m1/s1. The zero-order chi connectivity index (χ0) is 18.9. The zero-order valence-corrected chi connectivity index (χ0v) is 16.6. The van der Waals surface area contributed by atoms with Gasteiger partial charge in [-0.05, 0) is 35.4 Å². The molecule has 126 valence electrons. The second-order valence-corrected chi connectivity index (χ2v) is 7.86. The van der Waals surface area contributed by atoms with Crippen molar-refractivity contribution in [2.45, 2.75) is 11.8 Å². The Balaban J connectivity index is 2.29. The molecule has 4 nitrogen and oxygen atoms in total. The Kier molecular flexibility index (Phi) is 4.88. The van der Waals surface area contributed by atoms with E-state index in [1.165, 1.54) is 0 Å². The molecule has 3 rings (SSSR count). The first-order chi connectivity index (χ1) is 12.5. The molecule has 0 saturated heterocycles. The van der Waals surface area contributed by atoms with Gasteiger partial charge in [-0.1, -0.05) is 56.1 Å². The smallest absolute Gasteiger partial charge is 0.191 e. The maximum absolute atomic E-state index is 9.88. The van der Waals surface area contributed by atoms with Crippen LogP contribution in [0.1, 0.15) is 23.0 Å². The minimum absolute atomic E-state index is 0.0471. The molecule has 0 aliphatic heterocycles. The van der Waals surface area contributed by atoms with E-state index >= 15 is 0 Å². The van der Waals surface area contributed by atoms with Crippen LogP contribution in [0.4, 0.5) is 0 Å². The fourth-order valence-electron chi connectivity index (χ4n) is 3.52. The van der Waals surface area contributed by atoms with E-state index in [0.29, 0.717) is 0 Å². The third-order valence-corrected chi connectivity index (χ3v) is 5.81. The molecule has 6 heteroatoms. The second kappa shape index (κ2) is 6.96. The Morgan fingerprint density at radius 1 is 0.808 bits per heavy atom. The highest BCUT2D eigenvalue weighted by atomic mass is 79.9. The Hall–Kier alpha value is -2.59. The lowest BCUT2D eigenvalue weighted by Gasteiger charge is -2.28. The average molecular weight is 468 g/mol. The molecule has 2 aromatic carbocycles. The molecular formula is C20H12Br2N4. The molecule has 0 saturated carbocycles. The summed E-state index contributed by atoms with van der Waals surface area (Å²) in [5.41, 5.74) is 6.57. The molecule has 26 heavy (non-hydrogen) atoms. The van der Waals surface area contributed by atoms with Crippen molar-refractivity contribution in [3.05, 3.63) is 79.9 Å². The monoisotopic (exact) mass is 466 g/mol. The van der Waals surface area contributed by atoms with Gasteiger partial charge in [0, 0.05) is 20.8 Å². The summed E-state index contributed by atoms with van der Waals surface area (Å²) in [6.45, 7) is 0. The third-order valence-electron chi connectivity index (χ3n) is 4.76. The van der Waals surface area contributed by atoms with Crippen LogP contribution < -0.4 is 5.73 Å². The first-order valence-corrected chi connectivity index (χ1v) is 9.30. The van der Waals surface area contributed by atoms with E-state index in [0.717, 1.165) is 20.1 Å². The lowest BCUT2D eigenvalue weighted by Crippen LogP contribution is -2.29. The van der Waals surface area contributed by atoms with Gasteiger partial charge in [0.2, 0.25) is 0 Å². The van der Waals surface area contributed by atoms with Gasteiger partial charge < -0.3 is 5.73 Å². The van der Waals surface area contributed by atoms with Crippen LogP contribution >= 0.6 is 31.9 Å². The van der Waals surface area contributed by atoms with Crippen molar-refractivity contribution in [1.82, 2.24) is 0 Å². The number of hydrogen-bond donors (Lipinski definition) is 1. The summed E-state index contributed by atoms with van der Waals surface area (Å²) < 4.78 is 1.79. The highest BCUT2D eigenvalue weighted by Crippen LogP contribution is 2.57. The zero-order valence-electron chi connectivity index (χ0n) is 13.4. The molecule has 0 bridgehead atoms. The average Bonchev–Trinajstić information content (AvgIpc) is 2.91. The number of rotatable bonds is 2. The van der Waals surface area contributed by atoms with E-state index < -0.39 is 17.3 Å². The Bertz CT molecular complexity index is 988. The maximum Gasteiger partial charge on any atom is 0.191 e. The van der Waals surface area contributed by atoms with Crippen LogP contribution in [0.25, 0.3) is 0 Å². The molecule has 0 amide bonds. The predicted octanol–water partition coefficient (Wildman–Crippen LogP) is 4.86. The van der Waals surface area contributed by atoms with Crippen molar-refractivity contribution >= 4 is 31.9 Å². The van der Waals surface area contributed by atoms with Crippen LogP contribution in [0.2, 0.25) is 0 Å². The molecule has 0 aromatic heterocycles. The molecule has 2 atom stereocenters. The van der Waals surface area contributed by atoms with E-state index in [2.05, 4.69) is 50.1 Å². The van der Waals surface area contributed by atoms with Crippen LogP contribution in [0.15, 0.2) is 68.7 Å².